The van der Waals surface area contributed by atoms with Gasteiger partial charge in [0.2, 0.25) is 5.95 Å². The second kappa shape index (κ2) is 9.40. The van der Waals surface area contributed by atoms with Gasteiger partial charge < -0.3 is 20.1 Å². The lowest BCUT2D eigenvalue weighted by Crippen LogP contribution is -2.51. The molecule has 1 fully saturated rings. The van der Waals surface area contributed by atoms with Crippen LogP contribution in [-0.2, 0) is 12.1 Å². The first kappa shape index (κ1) is 25.9. The van der Waals surface area contributed by atoms with Crippen molar-refractivity contribution in [3.05, 3.63) is 71.3 Å². The van der Waals surface area contributed by atoms with E-state index >= 15 is 0 Å². The molecule has 10 nitrogen and oxygen atoms in total. The number of fused-ring (bicyclic) bond motifs is 4. The van der Waals surface area contributed by atoms with Crippen molar-refractivity contribution in [3.8, 4) is 11.6 Å². The van der Waals surface area contributed by atoms with Crippen molar-refractivity contribution in [1.29, 1.82) is 0 Å². The zero-order chi connectivity index (χ0) is 28.2. The van der Waals surface area contributed by atoms with E-state index in [1.165, 1.54) is 10.9 Å². The van der Waals surface area contributed by atoms with Crippen molar-refractivity contribution in [1.82, 2.24) is 24.3 Å². The summed E-state index contributed by atoms with van der Waals surface area (Å²) in [5, 5.41) is 13.9. The van der Waals surface area contributed by atoms with E-state index in [2.05, 4.69) is 26.8 Å². The summed E-state index contributed by atoms with van der Waals surface area (Å²) in [5.74, 6) is -1.44. The van der Waals surface area contributed by atoms with Gasteiger partial charge in [-0.2, -0.15) is 4.98 Å². The first-order valence-corrected chi connectivity index (χ1v) is 13.0. The Bertz CT molecular complexity index is 1670. The monoisotopic (exact) mass is 549 g/mol. The van der Waals surface area contributed by atoms with Crippen molar-refractivity contribution in [3.63, 3.8) is 0 Å². The fraction of sp³-hybridized carbons (Fsp3) is 0.357. The topological polar surface area (TPSA) is 110 Å². The van der Waals surface area contributed by atoms with Crippen LogP contribution in [0.5, 0.6) is 5.75 Å². The average molecular weight is 550 g/mol. The van der Waals surface area contributed by atoms with Crippen LogP contribution < -0.4 is 20.5 Å². The summed E-state index contributed by atoms with van der Waals surface area (Å²) in [4.78, 5) is 28.8. The van der Waals surface area contributed by atoms with Gasteiger partial charge in [-0.1, -0.05) is 12.1 Å². The summed E-state index contributed by atoms with van der Waals surface area (Å²) >= 11 is 0. The lowest BCUT2D eigenvalue weighted by atomic mass is 9.96. The van der Waals surface area contributed by atoms with Gasteiger partial charge in [0.15, 0.2) is 11.5 Å². The number of pyridine rings is 1. The summed E-state index contributed by atoms with van der Waals surface area (Å²) < 4.78 is 36.7. The van der Waals surface area contributed by atoms with E-state index in [1.807, 2.05) is 17.0 Å². The fourth-order valence-corrected chi connectivity index (χ4v) is 5.24. The number of benzene rings is 1. The molecule has 0 saturated carbocycles. The predicted molar refractivity (Wildman–Crippen MR) is 147 cm³/mol. The quantitative estimate of drug-likeness (QED) is 0.346. The molecule has 208 valence electrons. The maximum Gasteiger partial charge on any atom is 0.278 e. The number of rotatable bonds is 6. The average Bonchev–Trinajstić information content (AvgIpc) is 3.18. The fourth-order valence-electron chi connectivity index (χ4n) is 5.24. The van der Waals surface area contributed by atoms with Gasteiger partial charge in [-0.3, -0.25) is 4.79 Å². The predicted octanol–water partition coefficient (Wildman–Crippen LogP) is 4.13. The van der Waals surface area contributed by atoms with Crippen LogP contribution in [0.2, 0.25) is 0 Å². The molecule has 3 aromatic heterocycles. The Morgan fingerprint density at radius 3 is 2.88 bits per heavy atom. The van der Waals surface area contributed by atoms with Gasteiger partial charge in [0, 0.05) is 37.3 Å². The number of nitrogens with one attached hydrogen (secondary N) is 1. The Morgan fingerprint density at radius 2 is 2.10 bits per heavy atom. The van der Waals surface area contributed by atoms with Crippen LogP contribution in [0.4, 0.5) is 26.1 Å². The highest BCUT2D eigenvalue weighted by molar-refractivity contribution is 5.77. The standard InChI is InChI=1S/C28H29F2N7O3/c1-4-11-36-25(38)19-15-31-26(34-24(19)37(36)23-7-5-6-22(33-23)27(2,3)39)32-17-8-9-20-21(13-17)40-16-18-14-28(29,30)10-12-35(18)20/h4-9,13,15,18,39H,1,10-12,14,16H2,2-3H3,(H,31,32,34). The Labute approximate surface area is 228 Å². The molecule has 2 N–H and O–H groups in total. The van der Waals surface area contributed by atoms with Crippen LogP contribution in [-0.4, -0.2) is 54.5 Å². The van der Waals surface area contributed by atoms with Crippen LogP contribution in [0, 0.1) is 0 Å². The molecule has 1 atom stereocenters. The second-order valence-electron chi connectivity index (χ2n) is 10.6. The number of hydrogen-bond donors (Lipinski definition) is 2. The van der Waals surface area contributed by atoms with Gasteiger partial charge in [0.1, 0.15) is 23.3 Å². The van der Waals surface area contributed by atoms with E-state index in [4.69, 9.17) is 4.74 Å². The van der Waals surface area contributed by atoms with Gasteiger partial charge >= 0.3 is 0 Å². The highest BCUT2D eigenvalue weighted by atomic mass is 19.3. The number of halogens is 2. The van der Waals surface area contributed by atoms with Crippen LogP contribution >= 0.6 is 0 Å². The third kappa shape index (κ3) is 4.57. The number of hydrogen-bond acceptors (Lipinski definition) is 8. The molecule has 40 heavy (non-hydrogen) atoms. The normalized spacial score (nSPS) is 18.1. The molecule has 6 rings (SSSR count). The van der Waals surface area contributed by atoms with E-state index in [-0.39, 0.29) is 50.1 Å². The molecule has 2 aliphatic heterocycles. The van der Waals surface area contributed by atoms with Crippen molar-refractivity contribution < 1.29 is 18.6 Å². The Balaban J connectivity index is 1.36. The lowest BCUT2D eigenvalue weighted by molar-refractivity contribution is -0.0400. The van der Waals surface area contributed by atoms with Crippen LogP contribution in [0.1, 0.15) is 32.4 Å². The molecular weight excluding hydrogens is 520 g/mol. The van der Waals surface area contributed by atoms with Gasteiger partial charge in [0.05, 0.1) is 24.0 Å². The third-order valence-electron chi connectivity index (χ3n) is 7.21. The van der Waals surface area contributed by atoms with Crippen molar-refractivity contribution in [2.75, 3.05) is 23.4 Å². The number of piperidine rings is 1. The van der Waals surface area contributed by atoms with Crippen molar-refractivity contribution in [2.24, 2.45) is 0 Å². The first-order chi connectivity index (χ1) is 19.0. The molecular formula is C28H29F2N7O3. The van der Waals surface area contributed by atoms with Gasteiger partial charge in [-0.05, 0) is 38.1 Å². The third-order valence-corrected chi connectivity index (χ3v) is 7.21. The molecule has 1 unspecified atom stereocenters. The van der Waals surface area contributed by atoms with Crippen LogP contribution in [0.15, 0.2) is 60.0 Å². The Kier molecular flexibility index (Phi) is 6.10. The smallest absolute Gasteiger partial charge is 0.278 e. The van der Waals surface area contributed by atoms with Crippen LogP contribution in [0.3, 0.4) is 0 Å². The van der Waals surface area contributed by atoms with E-state index < -0.39 is 11.5 Å². The molecule has 0 spiro atoms. The number of alkyl halides is 2. The minimum absolute atomic E-state index is 0.183. The molecule has 2 aliphatic rings. The summed E-state index contributed by atoms with van der Waals surface area (Å²) in [5.41, 5.74) is 0.693. The Hall–Kier alpha value is -4.32. The van der Waals surface area contributed by atoms with E-state index in [0.717, 1.165) is 5.69 Å². The van der Waals surface area contributed by atoms with Crippen molar-refractivity contribution in [2.45, 2.75) is 50.8 Å². The molecule has 1 saturated heterocycles. The number of ether oxygens (including phenoxy) is 1. The number of aromatic nitrogens is 5. The first-order valence-electron chi connectivity index (χ1n) is 13.0. The van der Waals surface area contributed by atoms with Gasteiger partial charge in [0.25, 0.3) is 11.5 Å². The molecule has 1 aromatic carbocycles. The molecule has 0 bridgehead atoms. The van der Waals surface area contributed by atoms with E-state index in [9.17, 15) is 18.7 Å². The molecule has 4 aromatic rings. The SMILES string of the molecule is C=CCn1c(=O)c2cnc(Nc3ccc4c(c3)OCC3CC(F)(F)CCN43)nc2n1-c1cccc(C(C)(C)O)n1. The molecule has 12 heteroatoms. The minimum atomic E-state index is -2.67. The molecule has 0 radical (unpaired) electrons. The summed E-state index contributed by atoms with van der Waals surface area (Å²) in [6, 6.07) is 10.3. The summed E-state index contributed by atoms with van der Waals surface area (Å²) in [7, 11) is 0. The highest BCUT2D eigenvalue weighted by Crippen LogP contribution is 2.42. The largest absolute Gasteiger partial charge is 0.489 e. The zero-order valence-electron chi connectivity index (χ0n) is 22.1. The van der Waals surface area contributed by atoms with Gasteiger partial charge in [-0.25, -0.2) is 28.1 Å². The molecule has 0 amide bonds. The zero-order valence-corrected chi connectivity index (χ0v) is 22.1. The second-order valence-corrected chi connectivity index (χ2v) is 10.6. The molecule has 5 heterocycles. The van der Waals surface area contributed by atoms with Gasteiger partial charge in [-0.15, -0.1) is 6.58 Å². The van der Waals surface area contributed by atoms with E-state index in [0.29, 0.717) is 34.0 Å². The lowest BCUT2D eigenvalue weighted by Gasteiger charge is -2.44. The minimum Gasteiger partial charge on any atom is -0.489 e. The Morgan fingerprint density at radius 1 is 1.27 bits per heavy atom. The molecule has 0 aliphatic carbocycles. The van der Waals surface area contributed by atoms with E-state index in [1.54, 1.807) is 48.9 Å². The number of anilines is 3. The number of allylic oxidation sites excluding steroid dienone is 1. The number of aliphatic hydroxyl groups is 1. The maximum atomic E-state index is 13.9. The van der Waals surface area contributed by atoms with Crippen LogP contribution in [0.25, 0.3) is 16.9 Å². The maximum absolute atomic E-state index is 13.9. The van der Waals surface area contributed by atoms with Crippen molar-refractivity contribution >= 4 is 28.4 Å². The number of nitrogens with zero attached hydrogens (tertiary/aromatic N) is 6. The summed E-state index contributed by atoms with van der Waals surface area (Å²) in [6.45, 7) is 7.70. The highest BCUT2D eigenvalue weighted by Gasteiger charge is 2.43. The summed E-state index contributed by atoms with van der Waals surface area (Å²) in [6.07, 6.45) is 2.65.